The quantitative estimate of drug-likeness (QED) is 0.874. The molecule has 1 fully saturated rings. The molecule has 2 aromatic carbocycles. The molecule has 2 aromatic rings. The monoisotopic (exact) mass is 373 g/mol. The molecule has 1 heterocycles. The van der Waals surface area contributed by atoms with Crippen LogP contribution in [0.25, 0.3) is 0 Å². The van der Waals surface area contributed by atoms with Crippen LogP contribution in [0.5, 0.6) is 0 Å². The number of carbonyl (C=O) groups is 1. The van der Waals surface area contributed by atoms with Crippen LogP contribution in [0.2, 0.25) is 0 Å². The largest absolute Gasteiger partial charge is 0.368 e. The van der Waals surface area contributed by atoms with Crippen molar-refractivity contribution in [2.75, 3.05) is 44.7 Å². The zero-order valence-electron chi connectivity index (χ0n) is 15.6. The Morgan fingerprint density at radius 3 is 2.35 bits per heavy atom. The number of likely N-dealkylation sites (N-methyl/N-ethyl adjacent to an activating group) is 1. The second kappa shape index (κ2) is 9.60. The summed E-state index contributed by atoms with van der Waals surface area (Å²) in [6.07, 6.45) is 0.877. The molecule has 0 bridgehead atoms. The summed E-state index contributed by atoms with van der Waals surface area (Å²) >= 11 is 0. The van der Waals surface area contributed by atoms with Crippen molar-refractivity contribution < 1.29 is 4.79 Å². The van der Waals surface area contributed by atoms with E-state index in [-0.39, 0.29) is 18.3 Å². The molecule has 26 heavy (non-hydrogen) atoms. The maximum Gasteiger partial charge on any atom is 0.254 e. The average Bonchev–Trinajstić information content (AvgIpc) is 2.66. The number of benzene rings is 2. The van der Waals surface area contributed by atoms with Crippen LogP contribution in [0.3, 0.4) is 0 Å². The molecule has 1 amide bonds. The number of carbonyl (C=O) groups excluding carboxylic acids is 1. The topological polar surface area (TPSA) is 35.6 Å². The molecule has 0 radical (unpaired) electrons. The summed E-state index contributed by atoms with van der Waals surface area (Å²) in [6.45, 7) is 6.34. The minimum absolute atomic E-state index is 0. The SMILES string of the molecule is CNCCc1ccccc1C(=O)N1CCN(c2ccccc2C)CC1.Cl. The number of nitrogens with zero attached hydrogens (tertiary/aromatic N) is 2. The summed E-state index contributed by atoms with van der Waals surface area (Å²) in [5.74, 6) is 0.163. The van der Waals surface area contributed by atoms with E-state index in [4.69, 9.17) is 0 Å². The van der Waals surface area contributed by atoms with Gasteiger partial charge in [-0.15, -0.1) is 12.4 Å². The second-order valence-electron chi connectivity index (χ2n) is 6.58. The van der Waals surface area contributed by atoms with E-state index < -0.39 is 0 Å². The Morgan fingerprint density at radius 1 is 1.00 bits per heavy atom. The fourth-order valence-electron chi connectivity index (χ4n) is 3.45. The Kier molecular flexibility index (Phi) is 7.49. The summed E-state index contributed by atoms with van der Waals surface area (Å²) in [5, 5.41) is 3.16. The van der Waals surface area contributed by atoms with Crippen LogP contribution < -0.4 is 10.2 Å². The fourth-order valence-corrected chi connectivity index (χ4v) is 3.45. The molecule has 140 valence electrons. The number of aryl methyl sites for hydroxylation is 1. The zero-order valence-corrected chi connectivity index (χ0v) is 16.4. The average molecular weight is 374 g/mol. The highest BCUT2D eigenvalue weighted by Crippen LogP contribution is 2.22. The van der Waals surface area contributed by atoms with E-state index in [2.05, 4.69) is 47.5 Å². The van der Waals surface area contributed by atoms with Gasteiger partial charge in [0.05, 0.1) is 0 Å². The van der Waals surface area contributed by atoms with Gasteiger partial charge in [0, 0.05) is 37.4 Å². The Balaban J connectivity index is 0.00000243. The predicted molar refractivity (Wildman–Crippen MR) is 111 cm³/mol. The Morgan fingerprint density at radius 2 is 1.65 bits per heavy atom. The number of hydrogen-bond acceptors (Lipinski definition) is 3. The summed E-state index contributed by atoms with van der Waals surface area (Å²) in [5.41, 5.74) is 4.55. The number of nitrogens with one attached hydrogen (secondary N) is 1. The van der Waals surface area contributed by atoms with E-state index in [0.717, 1.165) is 50.3 Å². The van der Waals surface area contributed by atoms with Crippen molar-refractivity contribution in [3.8, 4) is 0 Å². The highest BCUT2D eigenvalue weighted by molar-refractivity contribution is 5.95. The highest BCUT2D eigenvalue weighted by atomic mass is 35.5. The van der Waals surface area contributed by atoms with Gasteiger partial charge >= 0.3 is 0 Å². The van der Waals surface area contributed by atoms with Gasteiger partial charge in [-0.25, -0.2) is 0 Å². The summed E-state index contributed by atoms with van der Waals surface area (Å²) in [4.78, 5) is 17.4. The van der Waals surface area contributed by atoms with Gasteiger partial charge in [0.1, 0.15) is 0 Å². The van der Waals surface area contributed by atoms with Gasteiger partial charge in [0.15, 0.2) is 0 Å². The molecule has 0 aromatic heterocycles. The van der Waals surface area contributed by atoms with Crippen molar-refractivity contribution in [1.82, 2.24) is 10.2 Å². The molecule has 0 unspecified atom stereocenters. The molecule has 5 heteroatoms. The van der Waals surface area contributed by atoms with Gasteiger partial charge < -0.3 is 15.1 Å². The molecule has 1 saturated heterocycles. The molecule has 1 N–H and O–H groups in total. The normalized spacial score (nSPS) is 14.1. The molecule has 1 aliphatic rings. The first-order valence-corrected chi connectivity index (χ1v) is 9.03. The van der Waals surface area contributed by atoms with Crippen molar-refractivity contribution in [2.45, 2.75) is 13.3 Å². The van der Waals surface area contributed by atoms with E-state index in [1.807, 2.05) is 30.1 Å². The number of piperazine rings is 1. The molecule has 0 aliphatic carbocycles. The molecular formula is C21H28ClN3O. The van der Waals surface area contributed by atoms with E-state index in [1.165, 1.54) is 11.3 Å². The van der Waals surface area contributed by atoms with E-state index in [1.54, 1.807) is 0 Å². The van der Waals surface area contributed by atoms with Gasteiger partial charge in [-0.3, -0.25) is 4.79 Å². The summed E-state index contributed by atoms with van der Waals surface area (Å²) in [6, 6.07) is 16.5. The van der Waals surface area contributed by atoms with Crippen molar-refractivity contribution in [3.05, 3.63) is 65.2 Å². The van der Waals surface area contributed by atoms with Crippen molar-refractivity contribution >= 4 is 24.0 Å². The van der Waals surface area contributed by atoms with E-state index >= 15 is 0 Å². The number of halogens is 1. The van der Waals surface area contributed by atoms with Crippen LogP contribution in [0, 0.1) is 6.92 Å². The van der Waals surface area contributed by atoms with Gasteiger partial charge in [-0.1, -0.05) is 36.4 Å². The smallest absolute Gasteiger partial charge is 0.254 e. The molecule has 3 rings (SSSR count). The predicted octanol–water partition coefficient (Wildman–Crippen LogP) is 3.14. The lowest BCUT2D eigenvalue weighted by molar-refractivity contribution is 0.0745. The maximum absolute atomic E-state index is 13.0. The van der Waals surface area contributed by atoms with E-state index in [0.29, 0.717) is 0 Å². The molecule has 0 saturated carbocycles. The van der Waals surface area contributed by atoms with Crippen LogP contribution in [-0.2, 0) is 6.42 Å². The van der Waals surface area contributed by atoms with Crippen LogP contribution >= 0.6 is 12.4 Å². The first kappa shape index (κ1) is 20.3. The molecule has 0 atom stereocenters. The van der Waals surface area contributed by atoms with Crippen LogP contribution in [0.4, 0.5) is 5.69 Å². The molecular weight excluding hydrogens is 346 g/mol. The third kappa shape index (κ3) is 4.57. The minimum atomic E-state index is 0. The number of amides is 1. The maximum atomic E-state index is 13.0. The molecule has 1 aliphatic heterocycles. The first-order valence-electron chi connectivity index (χ1n) is 9.03. The summed E-state index contributed by atoms with van der Waals surface area (Å²) in [7, 11) is 1.94. The van der Waals surface area contributed by atoms with Crippen LogP contribution in [0.15, 0.2) is 48.5 Å². The number of anilines is 1. The zero-order chi connectivity index (χ0) is 17.6. The number of hydrogen-bond donors (Lipinski definition) is 1. The second-order valence-corrected chi connectivity index (χ2v) is 6.58. The fraction of sp³-hybridized carbons (Fsp3) is 0.381. The Hall–Kier alpha value is -2.04. The van der Waals surface area contributed by atoms with Gasteiger partial charge in [-0.2, -0.15) is 0 Å². The van der Waals surface area contributed by atoms with E-state index in [9.17, 15) is 4.79 Å². The highest BCUT2D eigenvalue weighted by Gasteiger charge is 2.24. The van der Waals surface area contributed by atoms with Crippen molar-refractivity contribution in [1.29, 1.82) is 0 Å². The van der Waals surface area contributed by atoms with Gasteiger partial charge in [-0.05, 0) is 50.2 Å². The third-order valence-corrected chi connectivity index (χ3v) is 4.92. The third-order valence-electron chi connectivity index (χ3n) is 4.92. The first-order chi connectivity index (χ1) is 12.2. The lowest BCUT2D eigenvalue weighted by atomic mass is 10.0. The lowest BCUT2D eigenvalue weighted by Gasteiger charge is -2.37. The Labute approximate surface area is 162 Å². The minimum Gasteiger partial charge on any atom is -0.368 e. The molecule has 4 nitrogen and oxygen atoms in total. The summed E-state index contributed by atoms with van der Waals surface area (Å²) < 4.78 is 0. The molecule has 0 spiro atoms. The number of rotatable bonds is 5. The van der Waals surface area contributed by atoms with Gasteiger partial charge in [0.25, 0.3) is 5.91 Å². The standard InChI is InChI=1S/C21H27N3O.ClH/c1-17-7-3-6-10-20(17)23-13-15-24(16-14-23)21(25)19-9-5-4-8-18(19)11-12-22-2;/h3-10,22H,11-16H2,1-2H3;1H. The van der Waals surface area contributed by atoms with Gasteiger partial charge in [0.2, 0.25) is 0 Å². The Bertz CT molecular complexity index is 727. The van der Waals surface area contributed by atoms with Crippen molar-refractivity contribution in [3.63, 3.8) is 0 Å². The van der Waals surface area contributed by atoms with Crippen LogP contribution in [0.1, 0.15) is 21.5 Å². The van der Waals surface area contributed by atoms with Crippen LogP contribution in [-0.4, -0.2) is 50.6 Å². The van der Waals surface area contributed by atoms with Crippen molar-refractivity contribution in [2.24, 2.45) is 0 Å². The number of para-hydroxylation sites is 1. The lowest BCUT2D eigenvalue weighted by Crippen LogP contribution is -2.49.